The van der Waals surface area contributed by atoms with E-state index >= 15 is 0 Å². The minimum Gasteiger partial charge on any atom is -0.347 e. The van der Waals surface area contributed by atoms with Crippen LogP contribution in [0.2, 0.25) is 0 Å². The van der Waals surface area contributed by atoms with Crippen LogP contribution in [-0.2, 0) is 9.47 Å². The zero-order valence-corrected chi connectivity index (χ0v) is 8.99. The van der Waals surface area contributed by atoms with Crippen molar-refractivity contribution in [2.24, 2.45) is 0 Å². The van der Waals surface area contributed by atoms with Gasteiger partial charge in [0.1, 0.15) is 6.10 Å². The van der Waals surface area contributed by atoms with Crippen molar-refractivity contribution in [3.63, 3.8) is 0 Å². The minimum absolute atomic E-state index is 0.0202. The van der Waals surface area contributed by atoms with E-state index < -0.39 is 5.79 Å². The minimum atomic E-state index is -0.477. The summed E-state index contributed by atoms with van der Waals surface area (Å²) in [6, 6.07) is 7.82. The van der Waals surface area contributed by atoms with E-state index in [0.29, 0.717) is 6.61 Å². The summed E-state index contributed by atoms with van der Waals surface area (Å²) in [5.74, 6) is 2.11. The van der Waals surface area contributed by atoms with Crippen LogP contribution in [0.4, 0.5) is 0 Å². The second-order valence-corrected chi connectivity index (χ2v) is 4.08. The van der Waals surface area contributed by atoms with Gasteiger partial charge < -0.3 is 9.47 Å². The molecule has 0 radical (unpaired) electrons. The molecular weight excluding hydrogens is 188 g/mol. The van der Waals surface area contributed by atoms with Crippen LogP contribution >= 0.6 is 0 Å². The summed E-state index contributed by atoms with van der Waals surface area (Å²) >= 11 is 0. The Morgan fingerprint density at radius 3 is 2.47 bits per heavy atom. The largest absolute Gasteiger partial charge is 0.347 e. The monoisotopic (exact) mass is 202 g/mol. The highest BCUT2D eigenvalue weighted by molar-refractivity contribution is 5.35. The lowest BCUT2D eigenvalue weighted by Crippen LogP contribution is -2.19. The van der Waals surface area contributed by atoms with Crippen LogP contribution < -0.4 is 0 Å². The predicted molar refractivity (Wildman–Crippen MR) is 58.2 cm³/mol. The first-order valence-corrected chi connectivity index (χ1v) is 4.99. The number of benzene rings is 1. The van der Waals surface area contributed by atoms with Crippen molar-refractivity contribution in [1.82, 2.24) is 0 Å². The number of rotatable bonds is 1. The Kier molecular flexibility index (Phi) is 2.52. The van der Waals surface area contributed by atoms with Crippen molar-refractivity contribution in [1.29, 1.82) is 0 Å². The number of ether oxygens (including phenoxy) is 2. The Bertz CT molecular complexity index is 384. The molecule has 78 valence electrons. The van der Waals surface area contributed by atoms with E-state index in [-0.39, 0.29) is 6.10 Å². The average molecular weight is 202 g/mol. The summed E-state index contributed by atoms with van der Waals surface area (Å²) in [4.78, 5) is 0. The summed E-state index contributed by atoms with van der Waals surface area (Å²) in [6.07, 6.45) is 5.31. The van der Waals surface area contributed by atoms with Crippen molar-refractivity contribution in [3.05, 3.63) is 35.4 Å². The van der Waals surface area contributed by atoms with Crippen LogP contribution in [0.25, 0.3) is 0 Å². The van der Waals surface area contributed by atoms with E-state index in [1.165, 1.54) is 0 Å². The molecule has 1 aliphatic heterocycles. The van der Waals surface area contributed by atoms with Crippen molar-refractivity contribution in [3.8, 4) is 12.3 Å². The van der Waals surface area contributed by atoms with Crippen molar-refractivity contribution in [2.75, 3.05) is 6.61 Å². The van der Waals surface area contributed by atoms with Gasteiger partial charge >= 0.3 is 0 Å². The second kappa shape index (κ2) is 3.69. The van der Waals surface area contributed by atoms with E-state index in [4.69, 9.17) is 15.9 Å². The smallest absolute Gasteiger partial charge is 0.163 e. The van der Waals surface area contributed by atoms with Gasteiger partial charge in [-0.1, -0.05) is 18.1 Å². The second-order valence-electron chi connectivity index (χ2n) is 4.08. The molecule has 2 nitrogen and oxygen atoms in total. The van der Waals surface area contributed by atoms with Crippen LogP contribution in [0.1, 0.15) is 31.1 Å². The van der Waals surface area contributed by atoms with E-state index in [1.54, 1.807) is 0 Å². The standard InChI is InChI=1S/C13H14O2/c1-4-10-5-7-11(8-6-10)12-9-14-13(2,3)15-12/h1,5-8,12H,9H2,2-3H3/t12-/m1/s1. The SMILES string of the molecule is C#Cc1ccc([C@H]2COC(C)(C)O2)cc1. The van der Waals surface area contributed by atoms with Gasteiger partial charge in [0.05, 0.1) is 6.61 Å². The molecule has 0 N–H and O–H groups in total. The summed E-state index contributed by atoms with van der Waals surface area (Å²) in [6.45, 7) is 4.44. The molecule has 2 heteroatoms. The van der Waals surface area contributed by atoms with Gasteiger partial charge in [0.15, 0.2) is 5.79 Å². The topological polar surface area (TPSA) is 18.5 Å². The molecule has 0 amide bonds. The van der Waals surface area contributed by atoms with E-state index in [1.807, 2.05) is 38.1 Å². The van der Waals surface area contributed by atoms with Gasteiger partial charge in [-0.05, 0) is 31.5 Å². The molecule has 1 fully saturated rings. The quantitative estimate of drug-likeness (QED) is 0.651. The van der Waals surface area contributed by atoms with Gasteiger partial charge in [0, 0.05) is 5.56 Å². The molecule has 1 aromatic carbocycles. The maximum atomic E-state index is 5.73. The molecule has 0 aromatic heterocycles. The summed E-state index contributed by atoms with van der Waals surface area (Å²) < 4.78 is 11.2. The van der Waals surface area contributed by atoms with Gasteiger partial charge in [-0.2, -0.15) is 0 Å². The maximum Gasteiger partial charge on any atom is 0.163 e. The average Bonchev–Trinajstić information content (AvgIpc) is 2.59. The molecule has 0 spiro atoms. The third-order valence-electron chi connectivity index (χ3n) is 2.46. The molecule has 1 saturated heterocycles. The van der Waals surface area contributed by atoms with Gasteiger partial charge in [-0.15, -0.1) is 6.42 Å². The highest BCUT2D eigenvalue weighted by Gasteiger charge is 2.33. The molecule has 0 unspecified atom stereocenters. The van der Waals surface area contributed by atoms with Gasteiger partial charge in [0.2, 0.25) is 0 Å². The van der Waals surface area contributed by atoms with Gasteiger partial charge in [0.25, 0.3) is 0 Å². The third-order valence-corrected chi connectivity index (χ3v) is 2.46. The molecule has 15 heavy (non-hydrogen) atoms. The Labute approximate surface area is 90.2 Å². The number of terminal acetylenes is 1. The van der Waals surface area contributed by atoms with Crippen LogP contribution in [0.5, 0.6) is 0 Å². The zero-order valence-electron chi connectivity index (χ0n) is 8.99. The number of hydrogen-bond acceptors (Lipinski definition) is 2. The Morgan fingerprint density at radius 1 is 1.33 bits per heavy atom. The predicted octanol–water partition coefficient (Wildman–Crippen LogP) is 2.49. The van der Waals surface area contributed by atoms with Crippen molar-refractivity contribution >= 4 is 0 Å². The summed E-state index contributed by atoms with van der Waals surface area (Å²) in [5.41, 5.74) is 2.00. The van der Waals surface area contributed by atoms with E-state index in [9.17, 15) is 0 Å². The highest BCUT2D eigenvalue weighted by atomic mass is 16.7. The molecule has 0 saturated carbocycles. The molecule has 2 rings (SSSR count). The first kappa shape index (κ1) is 10.2. The Balaban J connectivity index is 2.15. The lowest BCUT2D eigenvalue weighted by atomic mass is 10.1. The van der Waals surface area contributed by atoms with Crippen molar-refractivity contribution < 1.29 is 9.47 Å². The molecular formula is C13H14O2. The van der Waals surface area contributed by atoms with Gasteiger partial charge in [-0.25, -0.2) is 0 Å². The normalized spacial score (nSPS) is 23.7. The lowest BCUT2D eigenvalue weighted by molar-refractivity contribution is -0.139. The first-order valence-electron chi connectivity index (χ1n) is 4.99. The molecule has 1 heterocycles. The Morgan fingerprint density at radius 2 is 2.00 bits per heavy atom. The van der Waals surface area contributed by atoms with E-state index in [2.05, 4.69) is 5.92 Å². The van der Waals surface area contributed by atoms with Crippen LogP contribution in [0.3, 0.4) is 0 Å². The van der Waals surface area contributed by atoms with Crippen molar-refractivity contribution in [2.45, 2.75) is 25.7 Å². The molecule has 0 bridgehead atoms. The van der Waals surface area contributed by atoms with Gasteiger partial charge in [-0.3, -0.25) is 0 Å². The molecule has 0 aliphatic carbocycles. The lowest BCUT2D eigenvalue weighted by Gasteiger charge is -2.17. The fourth-order valence-electron chi connectivity index (χ4n) is 1.65. The molecule has 1 aromatic rings. The van der Waals surface area contributed by atoms with Crippen LogP contribution in [0.15, 0.2) is 24.3 Å². The molecule has 1 aliphatic rings. The zero-order chi connectivity index (χ0) is 10.9. The first-order chi connectivity index (χ1) is 7.11. The fraction of sp³-hybridized carbons (Fsp3) is 0.385. The summed E-state index contributed by atoms with van der Waals surface area (Å²) in [7, 11) is 0. The van der Waals surface area contributed by atoms with Crippen LogP contribution in [0, 0.1) is 12.3 Å². The maximum absolute atomic E-state index is 5.73. The highest BCUT2D eigenvalue weighted by Crippen LogP contribution is 2.32. The molecule has 1 atom stereocenters. The third kappa shape index (κ3) is 2.20. The Hall–Kier alpha value is -1.30. The van der Waals surface area contributed by atoms with Crippen LogP contribution in [-0.4, -0.2) is 12.4 Å². The van der Waals surface area contributed by atoms with E-state index in [0.717, 1.165) is 11.1 Å². The number of hydrogen-bond donors (Lipinski definition) is 0. The fourth-order valence-corrected chi connectivity index (χ4v) is 1.65. The summed E-state index contributed by atoms with van der Waals surface area (Å²) in [5, 5.41) is 0.